The van der Waals surface area contributed by atoms with Gasteiger partial charge in [-0.1, -0.05) is 0 Å². The summed E-state index contributed by atoms with van der Waals surface area (Å²) in [6.07, 6.45) is 2.34. The van der Waals surface area contributed by atoms with Crippen molar-refractivity contribution in [2.45, 2.75) is 21.6 Å². The van der Waals surface area contributed by atoms with Gasteiger partial charge in [-0.05, 0) is 19.1 Å². The summed E-state index contributed by atoms with van der Waals surface area (Å²) in [5.74, 6) is -0.808. The Morgan fingerprint density at radius 3 is 1.57 bits per heavy atom. The monoisotopic (exact) mass is 383 g/mol. The fourth-order valence-corrected chi connectivity index (χ4v) is 5.24. The highest BCUT2D eigenvalue weighted by Gasteiger charge is 2.28. The molecule has 23 heavy (non-hydrogen) atoms. The minimum absolute atomic E-state index is 0.185. The molecule has 0 aliphatic rings. The lowest BCUT2D eigenvalue weighted by Crippen LogP contribution is -2.25. The van der Waals surface area contributed by atoms with Crippen molar-refractivity contribution in [2.75, 3.05) is 25.3 Å². The van der Waals surface area contributed by atoms with E-state index < -0.39 is 55.7 Å². The average Bonchev–Trinajstić information content (AvgIpc) is 2.34. The van der Waals surface area contributed by atoms with Gasteiger partial charge in [0.15, 0.2) is 29.5 Å². The molecule has 0 saturated carbocycles. The van der Waals surface area contributed by atoms with Crippen molar-refractivity contribution in [1.82, 2.24) is 5.32 Å². The smallest absolute Gasteiger partial charge is 0.252 e. The van der Waals surface area contributed by atoms with Crippen LogP contribution in [-0.4, -0.2) is 56.5 Å². The standard InChI is InChI=1S/C12H17NO7S3/c1-5-13-12(14)8-6-10(22(3,17)18)11(23(4,19)20)7-9(8)21(2,15)16/h6-7H,5H2,1-4H3,(H,13,14). The zero-order valence-corrected chi connectivity index (χ0v) is 15.4. The van der Waals surface area contributed by atoms with Crippen LogP contribution in [0.4, 0.5) is 0 Å². The number of carbonyl (C=O) groups excluding carboxylic acids is 1. The molecule has 1 aromatic rings. The molecule has 0 saturated heterocycles. The van der Waals surface area contributed by atoms with E-state index in [1.165, 1.54) is 0 Å². The van der Waals surface area contributed by atoms with Gasteiger partial charge in [-0.3, -0.25) is 4.79 Å². The quantitative estimate of drug-likeness (QED) is 0.735. The lowest BCUT2D eigenvalue weighted by Gasteiger charge is -2.13. The Morgan fingerprint density at radius 2 is 1.22 bits per heavy atom. The van der Waals surface area contributed by atoms with Gasteiger partial charge in [-0.25, -0.2) is 25.3 Å². The first-order chi connectivity index (χ1) is 10.2. The fourth-order valence-electron chi connectivity index (χ4n) is 1.86. The molecule has 130 valence electrons. The van der Waals surface area contributed by atoms with E-state index in [4.69, 9.17) is 0 Å². The number of carbonyl (C=O) groups is 1. The van der Waals surface area contributed by atoms with E-state index in [2.05, 4.69) is 5.32 Å². The summed E-state index contributed by atoms with van der Waals surface area (Å²) in [6.45, 7) is 1.78. The molecule has 8 nitrogen and oxygen atoms in total. The molecule has 1 aromatic carbocycles. The second-order valence-corrected chi connectivity index (χ2v) is 10.9. The van der Waals surface area contributed by atoms with E-state index in [1.807, 2.05) is 0 Å². The van der Waals surface area contributed by atoms with Gasteiger partial charge in [0.25, 0.3) is 5.91 Å². The highest BCUT2D eigenvalue weighted by Crippen LogP contribution is 2.28. The van der Waals surface area contributed by atoms with Crippen LogP contribution >= 0.6 is 0 Å². The first-order valence-corrected chi connectivity index (χ1v) is 11.9. The lowest BCUT2D eigenvalue weighted by atomic mass is 10.2. The molecule has 0 fully saturated rings. The summed E-state index contributed by atoms with van der Waals surface area (Å²) in [4.78, 5) is 10.2. The minimum Gasteiger partial charge on any atom is -0.352 e. The van der Waals surface area contributed by atoms with Crippen LogP contribution in [0.2, 0.25) is 0 Å². The third-order valence-electron chi connectivity index (χ3n) is 2.83. The van der Waals surface area contributed by atoms with Crippen LogP contribution in [0, 0.1) is 0 Å². The Balaban J connectivity index is 4.04. The lowest BCUT2D eigenvalue weighted by molar-refractivity contribution is 0.0952. The molecule has 0 aliphatic heterocycles. The van der Waals surface area contributed by atoms with Gasteiger partial charge >= 0.3 is 0 Å². The van der Waals surface area contributed by atoms with Gasteiger partial charge in [-0.2, -0.15) is 0 Å². The summed E-state index contributed by atoms with van der Waals surface area (Å²) in [6, 6.07) is 1.50. The van der Waals surface area contributed by atoms with Crippen molar-refractivity contribution in [3.05, 3.63) is 17.7 Å². The third kappa shape index (κ3) is 4.52. The van der Waals surface area contributed by atoms with Crippen LogP contribution in [0.1, 0.15) is 17.3 Å². The Labute approximate surface area is 135 Å². The van der Waals surface area contributed by atoms with Gasteiger partial charge in [0.05, 0.1) is 20.2 Å². The van der Waals surface area contributed by atoms with Gasteiger partial charge in [0.1, 0.15) is 0 Å². The van der Waals surface area contributed by atoms with Crippen molar-refractivity contribution in [3.8, 4) is 0 Å². The first kappa shape index (κ1) is 19.6. The number of amides is 1. The Hall–Kier alpha value is -1.46. The largest absolute Gasteiger partial charge is 0.352 e. The van der Waals surface area contributed by atoms with E-state index >= 15 is 0 Å². The third-order valence-corrected chi connectivity index (χ3v) is 6.37. The van der Waals surface area contributed by atoms with Crippen molar-refractivity contribution >= 4 is 35.4 Å². The van der Waals surface area contributed by atoms with Gasteiger partial charge < -0.3 is 5.32 Å². The van der Waals surface area contributed by atoms with Crippen LogP contribution in [0.15, 0.2) is 26.8 Å². The fraction of sp³-hybridized carbons (Fsp3) is 0.417. The summed E-state index contributed by atoms with van der Waals surface area (Å²) < 4.78 is 71.1. The molecular weight excluding hydrogens is 366 g/mol. The van der Waals surface area contributed by atoms with E-state index in [-0.39, 0.29) is 6.54 Å². The van der Waals surface area contributed by atoms with Crippen LogP contribution < -0.4 is 5.32 Å². The molecule has 0 unspecified atom stereocenters. The van der Waals surface area contributed by atoms with E-state index in [0.29, 0.717) is 6.07 Å². The van der Waals surface area contributed by atoms with Crippen molar-refractivity contribution in [2.24, 2.45) is 0 Å². The number of sulfone groups is 3. The van der Waals surface area contributed by atoms with Crippen LogP contribution in [-0.2, 0) is 29.5 Å². The molecule has 1 N–H and O–H groups in total. The van der Waals surface area contributed by atoms with Gasteiger partial charge in [0.2, 0.25) is 0 Å². The second-order valence-electron chi connectivity index (χ2n) is 4.97. The van der Waals surface area contributed by atoms with Crippen molar-refractivity contribution < 1.29 is 30.0 Å². The van der Waals surface area contributed by atoms with Crippen molar-refractivity contribution in [1.29, 1.82) is 0 Å². The summed E-state index contributed by atoms with van der Waals surface area (Å²) >= 11 is 0. The zero-order chi connectivity index (χ0) is 18.2. The van der Waals surface area contributed by atoms with Gasteiger partial charge in [-0.15, -0.1) is 0 Å². The Bertz CT molecular complexity index is 958. The Kier molecular flexibility index (Phi) is 5.29. The molecule has 0 spiro atoms. The van der Waals surface area contributed by atoms with Crippen LogP contribution in [0.5, 0.6) is 0 Å². The molecular formula is C12H17NO7S3. The molecule has 0 aliphatic carbocycles. The second kappa shape index (κ2) is 6.21. The van der Waals surface area contributed by atoms with E-state index in [0.717, 1.165) is 24.8 Å². The maximum atomic E-state index is 12.0. The van der Waals surface area contributed by atoms with E-state index in [1.54, 1.807) is 6.92 Å². The van der Waals surface area contributed by atoms with Crippen LogP contribution in [0.3, 0.4) is 0 Å². The predicted octanol–water partition coefficient (Wildman–Crippen LogP) is -0.353. The molecule has 0 aromatic heterocycles. The molecule has 1 rings (SSSR count). The minimum atomic E-state index is -4.03. The molecule has 0 radical (unpaired) electrons. The first-order valence-electron chi connectivity index (χ1n) is 6.26. The summed E-state index contributed by atoms with van der Waals surface area (Å²) in [5.41, 5.74) is -0.415. The maximum Gasteiger partial charge on any atom is 0.252 e. The molecule has 0 atom stereocenters. The maximum absolute atomic E-state index is 12.0. The Morgan fingerprint density at radius 1 is 0.826 bits per heavy atom. The molecule has 11 heteroatoms. The molecule has 0 heterocycles. The molecule has 1 amide bonds. The number of nitrogens with one attached hydrogen (secondary N) is 1. The van der Waals surface area contributed by atoms with E-state index in [9.17, 15) is 30.0 Å². The summed E-state index contributed by atoms with van der Waals surface area (Å²) in [5, 5.41) is 2.36. The topological polar surface area (TPSA) is 132 Å². The normalized spacial score (nSPS) is 12.9. The summed E-state index contributed by atoms with van der Waals surface area (Å²) in [7, 11) is -12.0. The van der Waals surface area contributed by atoms with Crippen LogP contribution in [0.25, 0.3) is 0 Å². The number of rotatable bonds is 5. The number of hydrogen-bond donors (Lipinski definition) is 1. The number of benzene rings is 1. The predicted molar refractivity (Wildman–Crippen MR) is 83.8 cm³/mol. The van der Waals surface area contributed by atoms with Gasteiger partial charge in [0, 0.05) is 25.3 Å². The zero-order valence-electron chi connectivity index (χ0n) is 12.9. The highest BCUT2D eigenvalue weighted by atomic mass is 32.2. The average molecular weight is 383 g/mol. The highest BCUT2D eigenvalue weighted by molar-refractivity contribution is 7.94. The van der Waals surface area contributed by atoms with Crippen molar-refractivity contribution in [3.63, 3.8) is 0 Å². The molecule has 0 bridgehead atoms. The SMILES string of the molecule is CCNC(=O)c1cc(S(C)(=O)=O)c(S(C)(=O)=O)cc1S(C)(=O)=O. The number of hydrogen-bond acceptors (Lipinski definition) is 7.